The number of ether oxygens (including phenoxy) is 1. The summed E-state index contributed by atoms with van der Waals surface area (Å²) in [5.74, 6) is 0.0126. The predicted molar refractivity (Wildman–Crippen MR) is 81.2 cm³/mol. The lowest BCUT2D eigenvalue weighted by molar-refractivity contribution is -0.136. The van der Waals surface area contributed by atoms with E-state index in [2.05, 4.69) is 10.6 Å². The van der Waals surface area contributed by atoms with Crippen LogP contribution in [0.25, 0.3) is 0 Å². The molecule has 5 nitrogen and oxygen atoms in total. The van der Waals surface area contributed by atoms with Crippen molar-refractivity contribution in [1.82, 2.24) is 5.32 Å². The SMILES string of the molecule is COc1ccc(NC(=O)C(=O)NCC2CCCCC2)cc1. The molecule has 0 radical (unpaired) electrons. The number of rotatable bonds is 4. The highest BCUT2D eigenvalue weighted by Gasteiger charge is 2.17. The van der Waals surface area contributed by atoms with Crippen molar-refractivity contribution in [3.63, 3.8) is 0 Å². The number of anilines is 1. The van der Waals surface area contributed by atoms with Crippen LogP contribution in [0, 0.1) is 5.92 Å². The highest BCUT2D eigenvalue weighted by Crippen LogP contribution is 2.22. The molecule has 21 heavy (non-hydrogen) atoms. The Labute approximate surface area is 125 Å². The van der Waals surface area contributed by atoms with E-state index >= 15 is 0 Å². The van der Waals surface area contributed by atoms with Crippen LogP contribution in [-0.4, -0.2) is 25.5 Å². The highest BCUT2D eigenvalue weighted by atomic mass is 16.5. The molecule has 0 saturated heterocycles. The van der Waals surface area contributed by atoms with E-state index in [4.69, 9.17) is 4.74 Å². The molecule has 0 heterocycles. The Bertz CT molecular complexity index is 479. The van der Waals surface area contributed by atoms with Gasteiger partial charge in [0.2, 0.25) is 0 Å². The summed E-state index contributed by atoms with van der Waals surface area (Å²) < 4.78 is 5.04. The average molecular weight is 290 g/mol. The van der Waals surface area contributed by atoms with Crippen LogP contribution < -0.4 is 15.4 Å². The number of hydrogen-bond acceptors (Lipinski definition) is 3. The fourth-order valence-corrected chi connectivity index (χ4v) is 2.57. The summed E-state index contributed by atoms with van der Waals surface area (Å²) in [6, 6.07) is 6.86. The molecular formula is C16H22N2O3. The van der Waals surface area contributed by atoms with E-state index in [0.717, 1.165) is 12.8 Å². The lowest BCUT2D eigenvalue weighted by Gasteiger charge is -2.21. The van der Waals surface area contributed by atoms with Crippen LogP contribution in [0.15, 0.2) is 24.3 Å². The van der Waals surface area contributed by atoms with Crippen molar-refractivity contribution >= 4 is 17.5 Å². The Kier molecular flexibility index (Phi) is 5.60. The molecule has 5 heteroatoms. The molecule has 2 amide bonds. The molecule has 0 atom stereocenters. The first-order valence-electron chi connectivity index (χ1n) is 7.42. The van der Waals surface area contributed by atoms with Crippen LogP contribution in [0.1, 0.15) is 32.1 Å². The van der Waals surface area contributed by atoms with E-state index in [9.17, 15) is 9.59 Å². The first-order valence-corrected chi connectivity index (χ1v) is 7.42. The fourth-order valence-electron chi connectivity index (χ4n) is 2.57. The Balaban J connectivity index is 1.77. The van der Waals surface area contributed by atoms with Gasteiger partial charge >= 0.3 is 11.8 Å². The van der Waals surface area contributed by atoms with Crippen molar-refractivity contribution in [3.8, 4) is 5.75 Å². The minimum atomic E-state index is -0.629. The van der Waals surface area contributed by atoms with E-state index in [0.29, 0.717) is 23.9 Å². The lowest BCUT2D eigenvalue weighted by atomic mass is 9.89. The quantitative estimate of drug-likeness (QED) is 0.836. The maximum atomic E-state index is 11.8. The van der Waals surface area contributed by atoms with Gasteiger partial charge in [0, 0.05) is 12.2 Å². The second kappa shape index (κ2) is 7.67. The third-order valence-corrected chi connectivity index (χ3v) is 3.83. The van der Waals surface area contributed by atoms with Crippen molar-refractivity contribution in [1.29, 1.82) is 0 Å². The molecule has 1 aliphatic rings. The van der Waals surface area contributed by atoms with Gasteiger partial charge in [-0.05, 0) is 43.0 Å². The zero-order valence-electron chi connectivity index (χ0n) is 12.4. The Hall–Kier alpha value is -2.04. The molecule has 0 unspecified atom stereocenters. The van der Waals surface area contributed by atoms with Crippen LogP contribution in [-0.2, 0) is 9.59 Å². The highest BCUT2D eigenvalue weighted by molar-refractivity contribution is 6.39. The zero-order chi connectivity index (χ0) is 15.1. The molecule has 114 valence electrons. The van der Waals surface area contributed by atoms with E-state index in [1.807, 2.05) is 0 Å². The van der Waals surface area contributed by atoms with E-state index in [1.165, 1.54) is 19.3 Å². The number of carbonyl (C=O) groups excluding carboxylic acids is 2. The van der Waals surface area contributed by atoms with Gasteiger partial charge in [-0.2, -0.15) is 0 Å². The summed E-state index contributed by atoms with van der Waals surface area (Å²) in [7, 11) is 1.58. The smallest absolute Gasteiger partial charge is 0.313 e. The molecule has 0 spiro atoms. The van der Waals surface area contributed by atoms with Crippen molar-refractivity contribution in [2.24, 2.45) is 5.92 Å². The van der Waals surface area contributed by atoms with Gasteiger partial charge in [0.15, 0.2) is 0 Å². The zero-order valence-corrected chi connectivity index (χ0v) is 12.4. The van der Waals surface area contributed by atoms with Gasteiger partial charge in [-0.15, -0.1) is 0 Å². The molecule has 2 N–H and O–H groups in total. The van der Waals surface area contributed by atoms with Crippen molar-refractivity contribution in [3.05, 3.63) is 24.3 Å². The topological polar surface area (TPSA) is 67.4 Å². The first kappa shape index (κ1) is 15.4. The molecule has 1 aliphatic carbocycles. The van der Waals surface area contributed by atoms with Crippen molar-refractivity contribution < 1.29 is 14.3 Å². The van der Waals surface area contributed by atoms with E-state index < -0.39 is 11.8 Å². The summed E-state index contributed by atoms with van der Waals surface area (Å²) in [5.41, 5.74) is 0.577. The predicted octanol–water partition coefficient (Wildman–Crippen LogP) is 2.33. The van der Waals surface area contributed by atoms with Gasteiger partial charge < -0.3 is 15.4 Å². The van der Waals surface area contributed by atoms with Gasteiger partial charge in [0.1, 0.15) is 5.75 Å². The van der Waals surface area contributed by atoms with Gasteiger partial charge in [-0.3, -0.25) is 9.59 Å². The molecule has 1 aromatic rings. The number of nitrogens with one attached hydrogen (secondary N) is 2. The molecule has 0 bridgehead atoms. The summed E-state index contributed by atoms with van der Waals surface area (Å²) in [5, 5.41) is 5.29. The molecule has 2 rings (SSSR count). The molecule has 0 aliphatic heterocycles. The van der Waals surface area contributed by atoms with Crippen LogP contribution in [0.5, 0.6) is 5.75 Å². The summed E-state index contributed by atoms with van der Waals surface area (Å²) in [6.07, 6.45) is 6.00. The third-order valence-electron chi connectivity index (χ3n) is 3.83. The second-order valence-corrected chi connectivity index (χ2v) is 5.40. The van der Waals surface area contributed by atoms with E-state index in [-0.39, 0.29) is 0 Å². The third kappa shape index (κ3) is 4.77. The number of benzene rings is 1. The second-order valence-electron chi connectivity index (χ2n) is 5.40. The monoisotopic (exact) mass is 290 g/mol. The summed E-state index contributed by atoms with van der Waals surface area (Å²) in [6.45, 7) is 0.592. The number of amides is 2. The largest absolute Gasteiger partial charge is 0.497 e. The van der Waals surface area contributed by atoms with Gasteiger partial charge in [-0.25, -0.2) is 0 Å². The number of carbonyl (C=O) groups is 2. The van der Waals surface area contributed by atoms with Gasteiger partial charge in [0.25, 0.3) is 0 Å². The number of hydrogen-bond donors (Lipinski definition) is 2. The van der Waals surface area contributed by atoms with Crippen LogP contribution in [0.2, 0.25) is 0 Å². The first-order chi connectivity index (χ1) is 10.2. The summed E-state index contributed by atoms with van der Waals surface area (Å²) >= 11 is 0. The Morgan fingerprint density at radius 2 is 1.76 bits per heavy atom. The normalized spacial score (nSPS) is 15.3. The average Bonchev–Trinajstić information content (AvgIpc) is 2.54. The maximum Gasteiger partial charge on any atom is 0.313 e. The van der Waals surface area contributed by atoms with Crippen LogP contribution >= 0.6 is 0 Å². The minimum absolute atomic E-state index is 0.511. The van der Waals surface area contributed by atoms with Crippen LogP contribution in [0.4, 0.5) is 5.69 Å². The lowest BCUT2D eigenvalue weighted by Crippen LogP contribution is -2.38. The molecule has 1 aromatic carbocycles. The Morgan fingerprint density at radius 3 is 2.38 bits per heavy atom. The van der Waals surface area contributed by atoms with Crippen LogP contribution in [0.3, 0.4) is 0 Å². The van der Waals surface area contributed by atoms with Crippen molar-refractivity contribution in [2.45, 2.75) is 32.1 Å². The minimum Gasteiger partial charge on any atom is -0.497 e. The molecule has 0 aromatic heterocycles. The molecular weight excluding hydrogens is 268 g/mol. The van der Waals surface area contributed by atoms with E-state index in [1.54, 1.807) is 31.4 Å². The summed E-state index contributed by atoms with van der Waals surface area (Å²) in [4.78, 5) is 23.6. The molecule has 1 saturated carbocycles. The van der Waals surface area contributed by atoms with Crippen molar-refractivity contribution in [2.75, 3.05) is 19.0 Å². The molecule has 1 fully saturated rings. The fraction of sp³-hybridized carbons (Fsp3) is 0.500. The Morgan fingerprint density at radius 1 is 1.10 bits per heavy atom. The standard InChI is InChI=1S/C16H22N2O3/c1-21-14-9-7-13(8-10-14)18-16(20)15(19)17-11-12-5-3-2-4-6-12/h7-10,12H,2-6,11H2,1H3,(H,17,19)(H,18,20). The number of methoxy groups -OCH3 is 1. The maximum absolute atomic E-state index is 11.8. The van der Waals surface area contributed by atoms with Gasteiger partial charge in [-0.1, -0.05) is 19.3 Å². The van der Waals surface area contributed by atoms with Gasteiger partial charge in [0.05, 0.1) is 7.11 Å².